The fourth-order valence-corrected chi connectivity index (χ4v) is 3.16. The van der Waals surface area contributed by atoms with Crippen molar-refractivity contribution in [3.05, 3.63) is 53.1 Å². The lowest BCUT2D eigenvalue weighted by Gasteiger charge is -2.31. The van der Waals surface area contributed by atoms with Crippen molar-refractivity contribution in [3.63, 3.8) is 0 Å². The van der Waals surface area contributed by atoms with E-state index in [9.17, 15) is 40.7 Å². The van der Waals surface area contributed by atoms with E-state index >= 15 is 0 Å². The molecule has 6 nitrogen and oxygen atoms in total. The molecule has 2 rings (SSSR count). The third kappa shape index (κ3) is 5.64. The molecule has 0 unspecified atom stereocenters. The molecule has 0 saturated carbocycles. The van der Waals surface area contributed by atoms with Crippen molar-refractivity contribution >= 4 is 23.0 Å². The lowest BCUT2D eigenvalue weighted by molar-refractivity contribution is -0.348. The Kier molecular flexibility index (Phi) is 7.91. The van der Waals surface area contributed by atoms with Crippen molar-refractivity contribution in [2.24, 2.45) is 0 Å². The molecule has 0 aliphatic rings. The Morgan fingerprint density at radius 2 is 1.56 bits per heavy atom. The minimum absolute atomic E-state index is 0.0259. The van der Waals surface area contributed by atoms with Crippen LogP contribution in [0.15, 0.2) is 36.4 Å². The molecule has 0 fully saturated rings. The maximum Gasteiger partial charge on any atom is 0.435 e. The second-order valence-corrected chi connectivity index (χ2v) is 7.37. The number of halogens is 7. The van der Waals surface area contributed by atoms with Crippen molar-refractivity contribution in [3.8, 4) is 0 Å². The van der Waals surface area contributed by atoms with Crippen LogP contribution in [-0.4, -0.2) is 37.2 Å². The predicted molar refractivity (Wildman–Crippen MR) is 110 cm³/mol. The molecule has 34 heavy (non-hydrogen) atoms. The van der Waals surface area contributed by atoms with Crippen LogP contribution in [-0.2, 0) is 15.2 Å². The highest BCUT2D eigenvalue weighted by Gasteiger charge is 2.73. The second-order valence-electron chi connectivity index (χ2n) is 7.37. The van der Waals surface area contributed by atoms with Gasteiger partial charge in [-0.25, -0.2) is 4.39 Å². The molecular weight excluding hydrogens is 475 g/mol. The van der Waals surface area contributed by atoms with Crippen LogP contribution in [0.3, 0.4) is 0 Å². The normalized spacial score (nSPS) is 12.3. The minimum atomic E-state index is -6.23. The first-order valence-electron chi connectivity index (χ1n) is 9.72. The average Bonchev–Trinajstić information content (AvgIpc) is 2.73. The second kappa shape index (κ2) is 9.95. The minimum Gasteiger partial charge on any atom is -0.469 e. The Bertz CT molecular complexity index is 988. The van der Waals surface area contributed by atoms with Crippen LogP contribution in [0, 0.1) is 13.8 Å². The number of hydrogen-bond donors (Lipinski definition) is 3. The zero-order chi connectivity index (χ0) is 25.9. The molecule has 0 heterocycles. The number of ether oxygens (including phenoxy) is 1. The summed E-state index contributed by atoms with van der Waals surface area (Å²) in [5.41, 5.74) is -4.42. The first-order valence-corrected chi connectivity index (χ1v) is 9.72. The first kappa shape index (κ1) is 27.0. The number of alkyl halides is 7. The molecule has 2 aromatic rings. The summed E-state index contributed by atoms with van der Waals surface area (Å²) >= 11 is 0. The Balaban J connectivity index is 2.29. The van der Waals surface area contributed by atoms with Crippen LogP contribution in [0.25, 0.3) is 0 Å². The summed E-state index contributed by atoms with van der Waals surface area (Å²) in [7, 11) is 1.24. The topological polar surface area (TPSA) is 73.8 Å². The van der Waals surface area contributed by atoms with Crippen LogP contribution in [0.4, 0.5) is 47.8 Å². The van der Waals surface area contributed by atoms with Crippen molar-refractivity contribution < 1.29 is 45.5 Å². The van der Waals surface area contributed by atoms with Gasteiger partial charge >= 0.3 is 24.0 Å². The zero-order valence-electron chi connectivity index (χ0n) is 18.2. The highest BCUT2D eigenvalue weighted by atomic mass is 19.4. The van der Waals surface area contributed by atoms with Crippen molar-refractivity contribution in [1.82, 2.24) is 0 Å². The molecule has 0 atom stereocenters. The smallest absolute Gasteiger partial charge is 0.435 e. The Morgan fingerprint density at radius 3 is 2.06 bits per heavy atom. The number of carbonyl (C=O) groups is 1. The van der Waals surface area contributed by atoms with Gasteiger partial charge in [-0.1, -0.05) is 18.2 Å². The number of carbonyl (C=O) groups excluding carboxylic acids is 1. The van der Waals surface area contributed by atoms with Gasteiger partial charge in [-0.15, -0.1) is 0 Å². The van der Waals surface area contributed by atoms with Crippen molar-refractivity contribution in [2.75, 3.05) is 29.6 Å². The number of rotatable bonds is 8. The van der Waals surface area contributed by atoms with E-state index in [2.05, 4.69) is 15.5 Å². The van der Waals surface area contributed by atoms with Crippen molar-refractivity contribution in [1.29, 1.82) is 0 Å². The maximum atomic E-state index is 14.4. The number of hydrogen-bond acceptors (Lipinski definition) is 6. The number of nitrogens with zero attached hydrogens (tertiary/aromatic N) is 1. The van der Waals surface area contributed by atoms with Crippen LogP contribution in [0.5, 0.6) is 0 Å². The SMILES string of the molecule is COC(=O)CCNc1cccc(N(O)Nc2c(C)cc(C(F)(C(F)(F)F)C(F)(F)F)cc2C)c1. The monoisotopic (exact) mass is 497 g/mol. The molecule has 0 bridgehead atoms. The largest absolute Gasteiger partial charge is 0.469 e. The van der Waals surface area contributed by atoms with E-state index in [0.29, 0.717) is 23.0 Å². The van der Waals surface area contributed by atoms with Crippen LogP contribution < -0.4 is 15.9 Å². The van der Waals surface area contributed by atoms with Gasteiger partial charge in [0.1, 0.15) is 0 Å². The van der Waals surface area contributed by atoms with E-state index < -0.39 is 29.6 Å². The summed E-state index contributed by atoms with van der Waals surface area (Å²) < 4.78 is 97.4. The number of anilines is 3. The molecule has 0 saturated heterocycles. The number of methoxy groups -OCH3 is 1. The van der Waals surface area contributed by atoms with Gasteiger partial charge in [0, 0.05) is 17.8 Å². The molecule has 188 valence electrons. The quantitative estimate of drug-likeness (QED) is 0.244. The number of hydrazine groups is 1. The molecule has 13 heteroatoms. The van der Waals surface area contributed by atoms with E-state index in [0.717, 1.165) is 0 Å². The highest BCUT2D eigenvalue weighted by Crippen LogP contribution is 2.53. The van der Waals surface area contributed by atoms with Gasteiger partial charge in [-0.05, 0) is 43.2 Å². The van der Waals surface area contributed by atoms with Gasteiger partial charge in [-0.2, -0.15) is 31.5 Å². The van der Waals surface area contributed by atoms with Crippen molar-refractivity contribution in [2.45, 2.75) is 38.3 Å². The Labute approximate surface area is 190 Å². The summed E-state index contributed by atoms with van der Waals surface area (Å²) in [5, 5.41) is 13.8. The summed E-state index contributed by atoms with van der Waals surface area (Å²) in [5.74, 6) is -0.433. The summed E-state index contributed by atoms with van der Waals surface area (Å²) in [6, 6.07) is 6.95. The van der Waals surface area contributed by atoms with Gasteiger partial charge in [-0.3, -0.25) is 15.4 Å². The van der Waals surface area contributed by atoms with Gasteiger partial charge < -0.3 is 10.1 Å². The summed E-state index contributed by atoms with van der Waals surface area (Å²) in [6.45, 7) is 2.58. The summed E-state index contributed by atoms with van der Waals surface area (Å²) in [4.78, 5) is 11.2. The van der Waals surface area contributed by atoms with Crippen LogP contribution >= 0.6 is 0 Å². The predicted octanol–water partition coefficient (Wildman–Crippen LogP) is 5.79. The van der Waals surface area contributed by atoms with E-state index in [4.69, 9.17) is 0 Å². The standard InChI is InChI=1S/C21H22F7N3O3/c1-12-9-14(19(22,20(23,24)25)21(26,27)28)10-13(2)18(12)30-31(33)16-6-4-5-15(11-16)29-8-7-17(32)34-3/h4-6,9-11,29-30,33H,7-8H2,1-3H3. The first-order chi connectivity index (χ1) is 15.6. The number of esters is 1. The van der Waals surface area contributed by atoms with E-state index in [1.807, 2.05) is 0 Å². The molecule has 0 aliphatic carbocycles. The fraction of sp³-hybridized carbons (Fsp3) is 0.381. The van der Waals surface area contributed by atoms with Gasteiger partial charge in [0.05, 0.1) is 24.9 Å². The molecule has 0 amide bonds. The average molecular weight is 497 g/mol. The Hall–Kier alpha value is -3.22. The van der Waals surface area contributed by atoms with Crippen LogP contribution in [0.1, 0.15) is 23.1 Å². The molecule has 0 spiro atoms. The van der Waals surface area contributed by atoms with Gasteiger partial charge in [0.2, 0.25) is 0 Å². The van der Waals surface area contributed by atoms with Gasteiger partial charge in [0.15, 0.2) is 0 Å². The number of nitrogens with one attached hydrogen (secondary N) is 2. The van der Waals surface area contributed by atoms with E-state index in [1.54, 1.807) is 12.1 Å². The Morgan fingerprint density at radius 1 is 1.00 bits per heavy atom. The number of aryl methyl sites for hydroxylation is 2. The van der Waals surface area contributed by atoms with E-state index in [1.165, 1.54) is 33.1 Å². The van der Waals surface area contributed by atoms with Crippen LogP contribution in [0.2, 0.25) is 0 Å². The lowest BCUT2D eigenvalue weighted by Crippen LogP contribution is -2.50. The lowest BCUT2D eigenvalue weighted by atomic mass is 9.90. The van der Waals surface area contributed by atoms with Gasteiger partial charge in [0.25, 0.3) is 0 Å². The summed E-state index contributed by atoms with van der Waals surface area (Å²) in [6.07, 6.45) is -12.4. The molecule has 0 aromatic heterocycles. The third-order valence-corrected chi connectivity index (χ3v) is 4.91. The zero-order valence-corrected chi connectivity index (χ0v) is 18.2. The third-order valence-electron chi connectivity index (χ3n) is 4.91. The highest BCUT2D eigenvalue weighted by molar-refractivity contribution is 5.70. The molecule has 2 aromatic carbocycles. The van der Waals surface area contributed by atoms with E-state index in [-0.39, 0.29) is 35.5 Å². The number of benzene rings is 2. The fourth-order valence-electron chi connectivity index (χ4n) is 3.16. The molecule has 0 aliphatic heterocycles. The molecule has 0 radical (unpaired) electrons. The molecular formula is C21H22F7N3O3. The molecule has 3 N–H and O–H groups in total. The maximum absolute atomic E-state index is 14.4.